The molecule has 0 bridgehead atoms. The van der Waals surface area contributed by atoms with Gasteiger partial charge < -0.3 is 5.11 Å². The molecule has 21 heavy (non-hydrogen) atoms. The fourth-order valence-electron chi connectivity index (χ4n) is 1.59. The van der Waals surface area contributed by atoms with Crippen molar-refractivity contribution < 1.29 is 14.7 Å². The summed E-state index contributed by atoms with van der Waals surface area (Å²) in [4.78, 5) is 27.4. The second-order valence-electron chi connectivity index (χ2n) is 4.23. The SMILES string of the molecule is O=C(O)CCCc1csc(NC(=O)/C=C/c2cccs2)n1. The molecule has 0 spiro atoms. The number of thiophene rings is 1. The van der Waals surface area contributed by atoms with Gasteiger partial charge in [0.2, 0.25) is 5.91 Å². The van der Waals surface area contributed by atoms with Crippen molar-refractivity contribution in [3.05, 3.63) is 39.5 Å². The van der Waals surface area contributed by atoms with Gasteiger partial charge in [-0.3, -0.25) is 14.9 Å². The number of hydrogen-bond acceptors (Lipinski definition) is 5. The van der Waals surface area contributed by atoms with Crippen LogP contribution in [0.25, 0.3) is 6.08 Å². The Labute approximate surface area is 130 Å². The molecule has 0 saturated heterocycles. The minimum Gasteiger partial charge on any atom is -0.481 e. The van der Waals surface area contributed by atoms with Crippen LogP contribution in [0.5, 0.6) is 0 Å². The highest BCUT2D eigenvalue weighted by Gasteiger charge is 2.05. The number of nitrogens with zero attached hydrogens (tertiary/aromatic N) is 1. The van der Waals surface area contributed by atoms with Crippen LogP contribution in [0, 0.1) is 0 Å². The highest BCUT2D eigenvalue weighted by molar-refractivity contribution is 7.14. The second-order valence-corrected chi connectivity index (χ2v) is 6.07. The largest absolute Gasteiger partial charge is 0.481 e. The van der Waals surface area contributed by atoms with Gasteiger partial charge in [0, 0.05) is 22.8 Å². The second kappa shape index (κ2) is 7.70. The average Bonchev–Trinajstić information content (AvgIpc) is 3.08. The quantitative estimate of drug-likeness (QED) is 0.767. The Hall–Kier alpha value is -1.99. The molecule has 5 nitrogen and oxygen atoms in total. The molecule has 0 aromatic carbocycles. The molecule has 2 rings (SSSR count). The van der Waals surface area contributed by atoms with Gasteiger partial charge in [-0.15, -0.1) is 22.7 Å². The maximum Gasteiger partial charge on any atom is 0.303 e. The summed E-state index contributed by atoms with van der Waals surface area (Å²) in [7, 11) is 0. The van der Waals surface area contributed by atoms with Crippen LogP contribution in [0.2, 0.25) is 0 Å². The lowest BCUT2D eigenvalue weighted by Gasteiger charge is -1.96. The number of carboxylic acids is 1. The monoisotopic (exact) mass is 322 g/mol. The first-order chi connectivity index (χ1) is 10.1. The minimum absolute atomic E-state index is 0.128. The maximum atomic E-state index is 11.7. The number of thiazole rings is 1. The number of anilines is 1. The van der Waals surface area contributed by atoms with Crippen LogP contribution in [0.4, 0.5) is 5.13 Å². The smallest absolute Gasteiger partial charge is 0.303 e. The standard InChI is InChI=1S/C14H14N2O3S2/c17-12(7-6-11-4-2-8-20-11)16-14-15-10(9-21-14)3-1-5-13(18)19/h2,4,6-9H,1,3,5H2,(H,18,19)(H,15,16,17)/b7-6+. The van der Waals surface area contributed by atoms with Crippen molar-refractivity contribution in [3.63, 3.8) is 0 Å². The van der Waals surface area contributed by atoms with Crippen LogP contribution in [-0.2, 0) is 16.0 Å². The fourth-order valence-corrected chi connectivity index (χ4v) is 2.96. The lowest BCUT2D eigenvalue weighted by molar-refractivity contribution is -0.137. The van der Waals surface area contributed by atoms with Gasteiger partial charge in [-0.25, -0.2) is 4.98 Å². The zero-order valence-electron chi connectivity index (χ0n) is 11.1. The van der Waals surface area contributed by atoms with E-state index in [0.29, 0.717) is 18.0 Å². The molecule has 110 valence electrons. The van der Waals surface area contributed by atoms with Gasteiger partial charge in [-0.2, -0.15) is 0 Å². The van der Waals surface area contributed by atoms with Crippen LogP contribution in [0.1, 0.15) is 23.4 Å². The number of nitrogens with one attached hydrogen (secondary N) is 1. The van der Waals surface area contributed by atoms with Crippen molar-refractivity contribution in [1.82, 2.24) is 4.98 Å². The van der Waals surface area contributed by atoms with Gasteiger partial charge in [0.05, 0.1) is 5.69 Å². The van der Waals surface area contributed by atoms with Crippen LogP contribution in [-0.4, -0.2) is 22.0 Å². The first-order valence-corrected chi connectivity index (χ1v) is 8.08. The summed E-state index contributed by atoms with van der Waals surface area (Å²) < 4.78 is 0. The molecule has 2 N–H and O–H groups in total. The third-order valence-electron chi connectivity index (χ3n) is 2.55. The first-order valence-electron chi connectivity index (χ1n) is 6.32. The Kier molecular flexibility index (Phi) is 5.65. The molecule has 1 amide bonds. The molecular formula is C14H14N2O3S2. The predicted molar refractivity (Wildman–Crippen MR) is 84.7 cm³/mol. The molecular weight excluding hydrogens is 308 g/mol. The van der Waals surface area contributed by atoms with E-state index in [1.54, 1.807) is 17.4 Å². The number of carbonyl (C=O) groups is 2. The predicted octanol–water partition coefficient (Wildman–Crippen LogP) is 3.26. The van der Waals surface area contributed by atoms with E-state index in [2.05, 4.69) is 10.3 Å². The van der Waals surface area contributed by atoms with Gasteiger partial charge in [-0.05, 0) is 30.4 Å². The van der Waals surface area contributed by atoms with E-state index in [0.717, 1.165) is 10.6 Å². The molecule has 0 aliphatic carbocycles. The molecule has 0 unspecified atom stereocenters. The summed E-state index contributed by atoms with van der Waals surface area (Å²) in [6.07, 6.45) is 4.50. The van der Waals surface area contributed by atoms with Gasteiger partial charge in [0.15, 0.2) is 5.13 Å². The number of aryl methyl sites for hydroxylation is 1. The summed E-state index contributed by atoms with van der Waals surface area (Å²) in [5.41, 5.74) is 0.804. The van der Waals surface area contributed by atoms with E-state index in [4.69, 9.17) is 5.11 Å². The summed E-state index contributed by atoms with van der Waals surface area (Å²) in [6, 6.07) is 3.85. The Morgan fingerprint density at radius 3 is 2.95 bits per heavy atom. The van der Waals surface area contributed by atoms with Crippen molar-refractivity contribution in [2.45, 2.75) is 19.3 Å². The zero-order chi connectivity index (χ0) is 15.1. The lowest BCUT2D eigenvalue weighted by Crippen LogP contribution is -2.07. The number of aliphatic carboxylic acids is 1. The van der Waals surface area contributed by atoms with Crippen LogP contribution in [0.15, 0.2) is 29.0 Å². The molecule has 0 radical (unpaired) electrons. The van der Waals surface area contributed by atoms with Crippen molar-refractivity contribution in [3.8, 4) is 0 Å². The van der Waals surface area contributed by atoms with Gasteiger partial charge in [-0.1, -0.05) is 6.07 Å². The van der Waals surface area contributed by atoms with Crippen LogP contribution >= 0.6 is 22.7 Å². The molecule has 0 aliphatic rings. The molecule has 2 aromatic rings. The van der Waals surface area contributed by atoms with E-state index in [1.165, 1.54) is 17.4 Å². The van der Waals surface area contributed by atoms with E-state index in [-0.39, 0.29) is 12.3 Å². The Balaban J connectivity index is 1.81. The topological polar surface area (TPSA) is 79.3 Å². The van der Waals surface area contributed by atoms with Crippen molar-refractivity contribution in [1.29, 1.82) is 0 Å². The van der Waals surface area contributed by atoms with Crippen LogP contribution in [0.3, 0.4) is 0 Å². The summed E-state index contributed by atoms with van der Waals surface area (Å²) in [5.74, 6) is -1.03. The normalized spacial score (nSPS) is 10.9. The minimum atomic E-state index is -0.808. The van der Waals surface area contributed by atoms with Crippen LogP contribution < -0.4 is 5.32 Å². The molecule has 0 atom stereocenters. The van der Waals surface area contributed by atoms with Gasteiger partial charge >= 0.3 is 5.97 Å². The summed E-state index contributed by atoms with van der Waals surface area (Å²) in [5, 5.41) is 15.6. The number of amides is 1. The fraction of sp³-hybridized carbons (Fsp3) is 0.214. The van der Waals surface area contributed by atoms with Gasteiger partial charge in [0.25, 0.3) is 0 Å². The number of carbonyl (C=O) groups excluding carboxylic acids is 1. The zero-order valence-corrected chi connectivity index (χ0v) is 12.7. The Morgan fingerprint density at radius 1 is 1.38 bits per heavy atom. The number of aromatic nitrogens is 1. The summed E-state index contributed by atoms with van der Waals surface area (Å²) >= 11 is 2.90. The number of rotatable bonds is 7. The van der Waals surface area contributed by atoms with E-state index >= 15 is 0 Å². The molecule has 7 heteroatoms. The summed E-state index contributed by atoms with van der Waals surface area (Å²) in [6.45, 7) is 0. The van der Waals surface area contributed by atoms with E-state index in [9.17, 15) is 9.59 Å². The maximum absolute atomic E-state index is 11.7. The molecule has 2 aromatic heterocycles. The van der Waals surface area contributed by atoms with Gasteiger partial charge in [0.1, 0.15) is 0 Å². The van der Waals surface area contributed by atoms with Crippen molar-refractivity contribution in [2.75, 3.05) is 5.32 Å². The Morgan fingerprint density at radius 2 is 2.24 bits per heavy atom. The van der Waals surface area contributed by atoms with Crippen molar-refractivity contribution >= 4 is 45.8 Å². The number of carboxylic acid groups (broad SMARTS) is 1. The number of hydrogen-bond donors (Lipinski definition) is 2. The molecule has 0 fully saturated rings. The van der Waals surface area contributed by atoms with E-state index in [1.807, 2.05) is 22.9 Å². The molecule has 0 saturated carbocycles. The molecule has 2 heterocycles. The average molecular weight is 322 g/mol. The highest BCUT2D eigenvalue weighted by atomic mass is 32.1. The van der Waals surface area contributed by atoms with E-state index < -0.39 is 5.97 Å². The third-order valence-corrected chi connectivity index (χ3v) is 4.19. The Bertz CT molecular complexity index is 632. The lowest BCUT2D eigenvalue weighted by atomic mass is 10.2. The third kappa shape index (κ3) is 5.49. The molecule has 0 aliphatic heterocycles. The van der Waals surface area contributed by atoms with Crippen molar-refractivity contribution in [2.24, 2.45) is 0 Å². The first kappa shape index (κ1) is 15.4. The highest BCUT2D eigenvalue weighted by Crippen LogP contribution is 2.17.